The molecular formula is C14H29N3. The largest absolute Gasteiger partial charge is 0.327 e. The number of likely N-dealkylation sites (N-methyl/N-ethyl adjacent to an activating group) is 1. The summed E-state index contributed by atoms with van der Waals surface area (Å²) < 4.78 is 0. The van der Waals surface area contributed by atoms with E-state index in [1.807, 2.05) is 0 Å². The highest BCUT2D eigenvalue weighted by molar-refractivity contribution is 4.91. The summed E-state index contributed by atoms with van der Waals surface area (Å²) in [6.45, 7) is 8.10. The molecule has 0 aromatic heterocycles. The van der Waals surface area contributed by atoms with Crippen LogP contribution >= 0.6 is 0 Å². The molecule has 2 saturated heterocycles. The van der Waals surface area contributed by atoms with Crippen molar-refractivity contribution in [1.82, 2.24) is 9.80 Å². The summed E-state index contributed by atoms with van der Waals surface area (Å²) >= 11 is 0. The van der Waals surface area contributed by atoms with E-state index in [1.54, 1.807) is 0 Å². The Hall–Kier alpha value is -0.120. The van der Waals surface area contributed by atoms with E-state index < -0.39 is 0 Å². The van der Waals surface area contributed by atoms with Gasteiger partial charge >= 0.3 is 0 Å². The molecule has 0 amide bonds. The van der Waals surface area contributed by atoms with Crippen LogP contribution in [-0.4, -0.2) is 54.6 Å². The van der Waals surface area contributed by atoms with Crippen LogP contribution in [0.15, 0.2) is 0 Å². The third-order valence-corrected chi connectivity index (χ3v) is 4.50. The summed E-state index contributed by atoms with van der Waals surface area (Å²) in [6.07, 6.45) is 5.28. The summed E-state index contributed by atoms with van der Waals surface area (Å²) in [4.78, 5) is 5.21. The maximum Gasteiger partial charge on any atom is 0.0223 e. The maximum atomic E-state index is 6.23. The van der Waals surface area contributed by atoms with Gasteiger partial charge in [0.05, 0.1) is 0 Å². The van der Waals surface area contributed by atoms with Crippen molar-refractivity contribution in [2.45, 2.75) is 57.7 Å². The van der Waals surface area contributed by atoms with Crippen LogP contribution in [0.4, 0.5) is 0 Å². The van der Waals surface area contributed by atoms with Gasteiger partial charge in [-0.15, -0.1) is 0 Å². The first-order chi connectivity index (χ1) is 8.06. The zero-order valence-corrected chi connectivity index (χ0v) is 11.7. The monoisotopic (exact) mass is 239 g/mol. The SMILES string of the molecule is CC(C)CC(N)CN1CCC2CCC(C1)N2C. The van der Waals surface area contributed by atoms with E-state index in [0.717, 1.165) is 31.0 Å². The smallest absolute Gasteiger partial charge is 0.0223 e. The minimum atomic E-state index is 0.358. The lowest BCUT2D eigenvalue weighted by atomic mass is 10.0. The summed E-state index contributed by atoms with van der Waals surface area (Å²) in [5.41, 5.74) is 6.23. The summed E-state index contributed by atoms with van der Waals surface area (Å²) in [6, 6.07) is 1.98. The number of likely N-dealkylation sites (tertiary alicyclic amines) is 1. The summed E-state index contributed by atoms with van der Waals surface area (Å²) in [5, 5.41) is 0. The van der Waals surface area contributed by atoms with Gasteiger partial charge in [0, 0.05) is 31.2 Å². The van der Waals surface area contributed by atoms with Gasteiger partial charge in [-0.2, -0.15) is 0 Å². The molecule has 0 spiro atoms. The minimum Gasteiger partial charge on any atom is -0.327 e. The van der Waals surface area contributed by atoms with Crippen LogP contribution < -0.4 is 5.73 Å². The van der Waals surface area contributed by atoms with Gasteiger partial charge in [-0.3, -0.25) is 4.90 Å². The van der Waals surface area contributed by atoms with Gasteiger partial charge in [0.25, 0.3) is 0 Å². The van der Waals surface area contributed by atoms with Crippen molar-refractivity contribution < 1.29 is 0 Å². The Morgan fingerprint density at radius 3 is 2.59 bits per heavy atom. The second kappa shape index (κ2) is 5.68. The number of hydrogen-bond acceptors (Lipinski definition) is 3. The average molecular weight is 239 g/mol. The Bertz CT molecular complexity index is 242. The molecule has 2 aliphatic rings. The number of nitrogens with two attached hydrogens (primary N) is 1. The second-order valence-electron chi connectivity index (χ2n) is 6.49. The Morgan fingerprint density at radius 1 is 1.18 bits per heavy atom. The van der Waals surface area contributed by atoms with E-state index in [-0.39, 0.29) is 0 Å². The molecule has 2 aliphatic heterocycles. The third kappa shape index (κ3) is 3.43. The van der Waals surface area contributed by atoms with Crippen LogP contribution in [0.25, 0.3) is 0 Å². The van der Waals surface area contributed by atoms with Crippen LogP contribution in [0.1, 0.15) is 39.5 Å². The van der Waals surface area contributed by atoms with E-state index in [1.165, 1.54) is 32.4 Å². The number of hydrogen-bond donors (Lipinski definition) is 1. The molecular weight excluding hydrogens is 210 g/mol. The predicted octanol–water partition coefficient (Wildman–Crippen LogP) is 1.53. The quantitative estimate of drug-likeness (QED) is 0.807. The third-order valence-electron chi connectivity index (χ3n) is 4.50. The van der Waals surface area contributed by atoms with Crippen molar-refractivity contribution in [1.29, 1.82) is 0 Å². The number of nitrogens with zero attached hydrogens (tertiary/aromatic N) is 2. The topological polar surface area (TPSA) is 32.5 Å². The molecule has 3 heteroatoms. The van der Waals surface area contributed by atoms with Gasteiger partial charge in [-0.05, 0) is 45.2 Å². The fourth-order valence-electron chi connectivity index (χ4n) is 3.56. The average Bonchev–Trinajstić information content (AvgIpc) is 2.45. The highest BCUT2D eigenvalue weighted by Gasteiger charge is 2.34. The molecule has 100 valence electrons. The normalized spacial score (nSPS) is 33.0. The molecule has 0 aliphatic carbocycles. The zero-order valence-electron chi connectivity index (χ0n) is 11.7. The fourth-order valence-corrected chi connectivity index (χ4v) is 3.56. The highest BCUT2D eigenvalue weighted by Crippen LogP contribution is 2.28. The Labute approximate surface area is 106 Å². The van der Waals surface area contributed by atoms with Gasteiger partial charge in [-0.1, -0.05) is 13.8 Å². The van der Waals surface area contributed by atoms with Crippen LogP contribution in [-0.2, 0) is 0 Å². The van der Waals surface area contributed by atoms with Crippen LogP contribution in [0.2, 0.25) is 0 Å². The summed E-state index contributed by atoms with van der Waals surface area (Å²) in [5.74, 6) is 0.719. The van der Waals surface area contributed by atoms with E-state index in [4.69, 9.17) is 5.73 Å². The van der Waals surface area contributed by atoms with Gasteiger partial charge in [0.1, 0.15) is 0 Å². The lowest BCUT2D eigenvalue weighted by molar-refractivity contribution is 0.207. The van der Waals surface area contributed by atoms with Crippen LogP contribution in [0.5, 0.6) is 0 Å². The standard InChI is InChI=1S/C14H29N3/c1-11(2)8-12(15)9-17-7-6-13-4-5-14(10-17)16(13)3/h11-14H,4-10,15H2,1-3H3. The number of rotatable bonds is 4. The first-order valence-electron chi connectivity index (χ1n) is 7.26. The van der Waals surface area contributed by atoms with Crippen molar-refractivity contribution in [2.24, 2.45) is 11.7 Å². The van der Waals surface area contributed by atoms with Gasteiger partial charge in [0.15, 0.2) is 0 Å². The van der Waals surface area contributed by atoms with E-state index >= 15 is 0 Å². The molecule has 2 bridgehead atoms. The maximum absolute atomic E-state index is 6.23. The van der Waals surface area contributed by atoms with Gasteiger partial charge in [-0.25, -0.2) is 0 Å². The molecule has 0 aromatic rings. The molecule has 0 aromatic carbocycles. The highest BCUT2D eigenvalue weighted by atomic mass is 15.3. The fraction of sp³-hybridized carbons (Fsp3) is 1.00. The molecule has 17 heavy (non-hydrogen) atoms. The lowest BCUT2D eigenvalue weighted by Crippen LogP contribution is -2.42. The summed E-state index contributed by atoms with van der Waals surface area (Å²) in [7, 11) is 2.31. The van der Waals surface area contributed by atoms with Crippen molar-refractivity contribution >= 4 is 0 Å². The molecule has 0 radical (unpaired) electrons. The minimum absolute atomic E-state index is 0.358. The van der Waals surface area contributed by atoms with E-state index in [0.29, 0.717) is 6.04 Å². The van der Waals surface area contributed by atoms with Crippen molar-refractivity contribution in [3.05, 3.63) is 0 Å². The number of fused-ring (bicyclic) bond motifs is 2. The van der Waals surface area contributed by atoms with E-state index in [2.05, 4.69) is 30.7 Å². The Kier molecular flexibility index (Phi) is 4.45. The lowest BCUT2D eigenvalue weighted by Gasteiger charge is -2.28. The van der Waals surface area contributed by atoms with Crippen LogP contribution in [0, 0.1) is 5.92 Å². The molecule has 2 N–H and O–H groups in total. The zero-order chi connectivity index (χ0) is 12.4. The van der Waals surface area contributed by atoms with Crippen molar-refractivity contribution in [3.63, 3.8) is 0 Å². The van der Waals surface area contributed by atoms with Crippen molar-refractivity contribution in [3.8, 4) is 0 Å². The van der Waals surface area contributed by atoms with Crippen molar-refractivity contribution in [2.75, 3.05) is 26.7 Å². The van der Waals surface area contributed by atoms with E-state index in [9.17, 15) is 0 Å². The predicted molar refractivity (Wildman–Crippen MR) is 73.1 cm³/mol. The molecule has 2 rings (SSSR count). The molecule has 2 fully saturated rings. The molecule has 3 nitrogen and oxygen atoms in total. The molecule has 0 saturated carbocycles. The van der Waals surface area contributed by atoms with Gasteiger partial charge in [0.2, 0.25) is 0 Å². The Morgan fingerprint density at radius 2 is 1.88 bits per heavy atom. The molecule has 2 heterocycles. The molecule has 3 unspecified atom stereocenters. The molecule has 3 atom stereocenters. The second-order valence-corrected chi connectivity index (χ2v) is 6.49. The Balaban J connectivity index is 1.82. The van der Waals surface area contributed by atoms with Gasteiger partial charge < -0.3 is 10.6 Å². The first-order valence-corrected chi connectivity index (χ1v) is 7.26. The first kappa shape index (κ1) is 13.3. The van der Waals surface area contributed by atoms with Crippen LogP contribution in [0.3, 0.4) is 0 Å².